The summed E-state index contributed by atoms with van der Waals surface area (Å²) in [7, 11) is 0. The van der Waals surface area contributed by atoms with Crippen LogP contribution in [-0.4, -0.2) is 21.1 Å². The Hall–Kier alpha value is -0.220. The SMILES string of the molecule is BrC1C=CN=C(C2=NC=CC(Br)C2)CC1. The lowest BCUT2D eigenvalue weighted by atomic mass is 10.0. The summed E-state index contributed by atoms with van der Waals surface area (Å²) in [4.78, 5) is 9.69. The fourth-order valence-corrected chi connectivity index (χ4v) is 2.41. The summed E-state index contributed by atoms with van der Waals surface area (Å²) in [6.45, 7) is 0. The number of allylic oxidation sites excluding steroid dienone is 2. The summed E-state index contributed by atoms with van der Waals surface area (Å²) in [6.07, 6.45) is 10.9. The third-order valence-corrected chi connectivity index (χ3v) is 3.82. The first kappa shape index (κ1) is 11.3. The van der Waals surface area contributed by atoms with Gasteiger partial charge >= 0.3 is 0 Å². The number of aliphatic imine (C=N–C) groups is 2. The van der Waals surface area contributed by atoms with E-state index in [1.807, 2.05) is 12.4 Å². The fraction of sp³-hybridized carbons (Fsp3) is 0.455. The van der Waals surface area contributed by atoms with Crippen LogP contribution in [0, 0.1) is 0 Å². The Balaban J connectivity index is 2.11. The van der Waals surface area contributed by atoms with Crippen molar-refractivity contribution in [3.05, 3.63) is 24.6 Å². The molecule has 80 valence electrons. The highest BCUT2D eigenvalue weighted by molar-refractivity contribution is 9.09. The topological polar surface area (TPSA) is 24.7 Å². The maximum absolute atomic E-state index is 4.45. The molecule has 15 heavy (non-hydrogen) atoms. The smallest absolute Gasteiger partial charge is 0.0632 e. The zero-order valence-corrected chi connectivity index (χ0v) is 11.4. The summed E-state index contributed by atoms with van der Waals surface area (Å²) in [5.41, 5.74) is 2.24. The third-order valence-electron chi connectivity index (χ3n) is 2.43. The normalized spacial score (nSPS) is 30.8. The van der Waals surface area contributed by atoms with Gasteiger partial charge in [0.1, 0.15) is 0 Å². The number of nitrogens with zero attached hydrogens (tertiary/aromatic N) is 2. The molecule has 0 fully saturated rings. The first-order valence-electron chi connectivity index (χ1n) is 5.01. The number of halogens is 2. The zero-order chi connectivity index (χ0) is 10.7. The maximum atomic E-state index is 4.45. The van der Waals surface area contributed by atoms with E-state index >= 15 is 0 Å². The van der Waals surface area contributed by atoms with Gasteiger partial charge in [-0.25, -0.2) is 0 Å². The van der Waals surface area contributed by atoms with E-state index in [9.17, 15) is 0 Å². The average Bonchev–Trinajstić information content (AvgIpc) is 2.43. The summed E-state index contributed by atoms with van der Waals surface area (Å²) >= 11 is 7.16. The van der Waals surface area contributed by atoms with Crippen molar-refractivity contribution in [3.63, 3.8) is 0 Å². The van der Waals surface area contributed by atoms with E-state index in [1.54, 1.807) is 0 Å². The highest BCUT2D eigenvalue weighted by Gasteiger charge is 2.16. The molecule has 2 aliphatic heterocycles. The van der Waals surface area contributed by atoms with Gasteiger partial charge in [-0.3, -0.25) is 9.98 Å². The largest absolute Gasteiger partial charge is 0.260 e. The number of hydrogen-bond donors (Lipinski definition) is 0. The van der Waals surface area contributed by atoms with E-state index in [0.29, 0.717) is 9.65 Å². The monoisotopic (exact) mass is 330 g/mol. The van der Waals surface area contributed by atoms with Gasteiger partial charge in [0, 0.05) is 28.5 Å². The average molecular weight is 332 g/mol. The zero-order valence-electron chi connectivity index (χ0n) is 8.24. The van der Waals surface area contributed by atoms with Crippen molar-refractivity contribution in [2.75, 3.05) is 0 Å². The van der Waals surface area contributed by atoms with Crippen LogP contribution in [0.25, 0.3) is 0 Å². The minimum absolute atomic E-state index is 0.402. The first-order chi connectivity index (χ1) is 7.25. The predicted molar refractivity (Wildman–Crippen MR) is 72.4 cm³/mol. The van der Waals surface area contributed by atoms with Crippen LogP contribution in [0.4, 0.5) is 0 Å². The maximum Gasteiger partial charge on any atom is 0.0632 e. The van der Waals surface area contributed by atoms with Crippen LogP contribution in [0.1, 0.15) is 19.3 Å². The Labute approximate surface area is 107 Å². The summed E-state index contributed by atoms with van der Waals surface area (Å²) in [5, 5.41) is 0. The van der Waals surface area contributed by atoms with Gasteiger partial charge in [0.05, 0.1) is 11.4 Å². The minimum atomic E-state index is 0.402. The molecule has 2 atom stereocenters. The molecule has 0 aromatic rings. The Morgan fingerprint density at radius 1 is 1.00 bits per heavy atom. The molecule has 0 saturated heterocycles. The standard InChI is InChI=1S/C11H12Br2N2/c12-8-1-2-10(14-5-3-8)11-7-9(13)4-6-15-11/h3-6,8-9H,1-2,7H2. The van der Waals surface area contributed by atoms with Crippen molar-refractivity contribution >= 4 is 43.3 Å². The van der Waals surface area contributed by atoms with Gasteiger partial charge in [-0.1, -0.05) is 44.0 Å². The van der Waals surface area contributed by atoms with E-state index in [-0.39, 0.29) is 0 Å². The van der Waals surface area contributed by atoms with Crippen LogP contribution < -0.4 is 0 Å². The van der Waals surface area contributed by atoms with Crippen molar-refractivity contribution in [1.82, 2.24) is 0 Å². The van der Waals surface area contributed by atoms with Crippen LogP contribution >= 0.6 is 31.9 Å². The van der Waals surface area contributed by atoms with Gasteiger partial charge in [-0.2, -0.15) is 0 Å². The van der Waals surface area contributed by atoms with E-state index in [2.05, 4.69) is 54.0 Å². The predicted octanol–water partition coefficient (Wildman–Crippen LogP) is 3.62. The molecule has 0 aliphatic carbocycles. The van der Waals surface area contributed by atoms with Gasteiger partial charge in [0.25, 0.3) is 0 Å². The molecule has 0 bridgehead atoms. The van der Waals surface area contributed by atoms with Crippen LogP contribution in [-0.2, 0) is 0 Å². The molecule has 0 amide bonds. The Kier molecular flexibility index (Phi) is 3.92. The molecule has 4 heteroatoms. The highest BCUT2D eigenvalue weighted by Crippen LogP contribution is 2.19. The molecule has 0 saturated carbocycles. The summed E-state index contributed by atoms with van der Waals surface area (Å²) < 4.78 is 0. The molecule has 2 unspecified atom stereocenters. The second-order valence-electron chi connectivity index (χ2n) is 3.61. The molecule has 0 aromatic heterocycles. The van der Waals surface area contributed by atoms with Crippen molar-refractivity contribution < 1.29 is 0 Å². The molecule has 2 rings (SSSR count). The lowest BCUT2D eigenvalue weighted by Gasteiger charge is -2.13. The van der Waals surface area contributed by atoms with E-state index in [4.69, 9.17) is 0 Å². The van der Waals surface area contributed by atoms with Gasteiger partial charge in [-0.15, -0.1) is 0 Å². The molecule has 2 aliphatic rings. The lowest BCUT2D eigenvalue weighted by molar-refractivity contribution is 0.932. The molecule has 2 heterocycles. The molecule has 0 spiro atoms. The number of rotatable bonds is 1. The quantitative estimate of drug-likeness (QED) is 0.656. The van der Waals surface area contributed by atoms with E-state index in [1.165, 1.54) is 0 Å². The summed E-state index contributed by atoms with van der Waals surface area (Å²) in [5.74, 6) is 0. The first-order valence-corrected chi connectivity index (χ1v) is 6.84. The fourth-order valence-electron chi connectivity index (χ4n) is 1.60. The third kappa shape index (κ3) is 3.11. The van der Waals surface area contributed by atoms with Crippen LogP contribution in [0.15, 0.2) is 34.5 Å². The second-order valence-corrected chi connectivity index (χ2v) is 5.96. The van der Waals surface area contributed by atoms with Crippen molar-refractivity contribution in [2.45, 2.75) is 28.9 Å². The van der Waals surface area contributed by atoms with Crippen LogP contribution in [0.3, 0.4) is 0 Å². The molecule has 2 nitrogen and oxygen atoms in total. The van der Waals surface area contributed by atoms with Crippen LogP contribution in [0.5, 0.6) is 0 Å². The van der Waals surface area contributed by atoms with Gasteiger partial charge in [0.2, 0.25) is 0 Å². The Bertz CT molecular complexity index is 356. The minimum Gasteiger partial charge on any atom is -0.260 e. The molecule has 0 N–H and O–H groups in total. The van der Waals surface area contributed by atoms with E-state index < -0.39 is 0 Å². The number of alkyl halides is 2. The van der Waals surface area contributed by atoms with Gasteiger partial charge < -0.3 is 0 Å². The Morgan fingerprint density at radius 3 is 2.40 bits per heavy atom. The summed E-state index contributed by atoms with van der Waals surface area (Å²) in [6, 6.07) is 0. The number of hydrogen-bond acceptors (Lipinski definition) is 2. The van der Waals surface area contributed by atoms with Gasteiger partial charge in [0.15, 0.2) is 0 Å². The van der Waals surface area contributed by atoms with Gasteiger partial charge in [-0.05, 0) is 12.8 Å². The van der Waals surface area contributed by atoms with Crippen LogP contribution in [0.2, 0.25) is 0 Å². The highest BCUT2D eigenvalue weighted by atomic mass is 79.9. The van der Waals surface area contributed by atoms with Crippen molar-refractivity contribution in [3.8, 4) is 0 Å². The molecular formula is C11H12Br2N2. The van der Waals surface area contributed by atoms with Crippen molar-refractivity contribution in [2.24, 2.45) is 9.98 Å². The molecule has 0 radical (unpaired) electrons. The molecule has 0 aromatic carbocycles. The molecular weight excluding hydrogens is 320 g/mol. The Morgan fingerprint density at radius 2 is 1.67 bits per heavy atom. The van der Waals surface area contributed by atoms with Crippen molar-refractivity contribution in [1.29, 1.82) is 0 Å². The second kappa shape index (κ2) is 5.21. The van der Waals surface area contributed by atoms with E-state index in [0.717, 1.165) is 30.7 Å². The lowest BCUT2D eigenvalue weighted by Crippen LogP contribution is -2.19.